The van der Waals surface area contributed by atoms with Gasteiger partial charge in [0, 0.05) is 19.0 Å². The van der Waals surface area contributed by atoms with Crippen molar-refractivity contribution < 1.29 is 4.79 Å². The SMILES string of the molecule is C[C@@H](Sc1ncnc2ccccc12)C(=O)N(C)Cc1ccccc1. The van der Waals surface area contributed by atoms with Crippen molar-refractivity contribution in [2.45, 2.75) is 23.7 Å². The maximum Gasteiger partial charge on any atom is 0.235 e. The highest BCUT2D eigenvalue weighted by molar-refractivity contribution is 8.00. The van der Waals surface area contributed by atoms with Crippen LogP contribution in [0.4, 0.5) is 0 Å². The molecule has 5 heteroatoms. The summed E-state index contributed by atoms with van der Waals surface area (Å²) in [6.45, 7) is 2.53. The number of fused-ring (bicyclic) bond motifs is 1. The normalized spacial score (nSPS) is 12.1. The number of hydrogen-bond donors (Lipinski definition) is 0. The average molecular weight is 337 g/mol. The van der Waals surface area contributed by atoms with E-state index in [0.29, 0.717) is 6.54 Å². The molecule has 3 aromatic rings. The Kier molecular flexibility index (Phi) is 5.11. The molecule has 0 saturated carbocycles. The van der Waals surface area contributed by atoms with E-state index in [2.05, 4.69) is 9.97 Å². The van der Waals surface area contributed by atoms with Crippen LogP contribution in [0.25, 0.3) is 10.9 Å². The molecule has 24 heavy (non-hydrogen) atoms. The molecule has 0 unspecified atom stereocenters. The fourth-order valence-corrected chi connectivity index (χ4v) is 3.56. The van der Waals surface area contributed by atoms with Crippen LogP contribution in [0.5, 0.6) is 0 Å². The van der Waals surface area contributed by atoms with Gasteiger partial charge in [0.25, 0.3) is 0 Å². The first-order valence-corrected chi connectivity index (χ1v) is 8.68. The summed E-state index contributed by atoms with van der Waals surface area (Å²) in [5.41, 5.74) is 2.02. The summed E-state index contributed by atoms with van der Waals surface area (Å²) in [5.74, 6) is 0.0894. The Balaban J connectivity index is 1.71. The van der Waals surface area contributed by atoms with Crippen molar-refractivity contribution >= 4 is 28.6 Å². The summed E-state index contributed by atoms with van der Waals surface area (Å²) in [4.78, 5) is 23.0. The van der Waals surface area contributed by atoms with Crippen molar-refractivity contribution in [1.29, 1.82) is 0 Å². The molecular formula is C19H19N3OS. The molecule has 0 aliphatic carbocycles. The van der Waals surface area contributed by atoms with E-state index in [9.17, 15) is 4.79 Å². The minimum atomic E-state index is -0.211. The lowest BCUT2D eigenvalue weighted by Gasteiger charge is -2.21. The number of para-hydroxylation sites is 1. The van der Waals surface area contributed by atoms with Gasteiger partial charge in [0.15, 0.2) is 0 Å². The van der Waals surface area contributed by atoms with Crippen LogP contribution in [-0.2, 0) is 11.3 Å². The summed E-state index contributed by atoms with van der Waals surface area (Å²) in [5, 5.41) is 1.61. The Bertz CT molecular complexity index is 833. The van der Waals surface area contributed by atoms with Crippen molar-refractivity contribution in [3.63, 3.8) is 0 Å². The van der Waals surface area contributed by atoms with Gasteiger partial charge < -0.3 is 4.90 Å². The van der Waals surface area contributed by atoms with E-state index in [1.807, 2.05) is 68.6 Å². The summed E-state index contributed by atoms with van der Waals surface area (Å²) in [6, 6.07) is 17.9. The van der Waals surface area contributed by atoms with Gasteiger partial charge in [0.05, 0.1) is 10.8 Å². The second-order valence-corrected chi connectivity index (χ2v) is 6.97. The quantitative estimate of drug-likeness (QED) is 0.525. The maximum absolute atomic E-state index is 12.6. The maximum atomic E-state index is 12.6. The van der Waals surface area contributed by atoms with Crippen molar-refractivity contribution in [3.8, 4) is 0 Å². The first-order chi connectivity index (χ1) is 11.6. The standard InChI is InChI=1S/C19H19N3OS/c1-14(19(23)22(2)12-15-8-4-3-5-9-15)24-18-16-10-6-7-11-17(16)20-13-21-18/h3-11,13-14H,12H2,1-2H3/t14-/m1/s1. The third kappa shape index (κ3) is 3.74. The third-order valence-electron chi connectivity index (χ3n) is 3.78. The Morgan fingerprint density at radius 3 is 2.58 bits per heavy atom. The zero-order valence-electron chi connectivity index (χ0n) is 13.7. The summed E-state index contributed by atoms with van der Waals surface area (Å²) in [7, 11) is 1.84. The predicted octanol–water partition coefficient (Wildman–Crippen LogP) is 3.77. The van der Waals surface area contributed by atoms with E-state index in [1.54, 1.807) is 11.2 Å². The van der Waals surface area contributed by atoms with Gasteiger partial charge in [-0.15, -0.1) is 0 Å². The first-order valence-electron chi connectivity index (χ1n) is 7.80. The van der Waals surface area contributed by atoms with Crippen LogP contribution in [0.3, 0.4) is 0 Å². The van der Waals surface area contributed by atoms with Crippen LogP contribution in [0, 0.1) is 0 Å². The summed E-state index contributed by atoms with van der Waals surface area (Å²) < 4.78 is 0. The van der Waals surface area contributed by atoms with Crippen LogP contribution in [-0.4, -0.2) is 33.1 Å². The number of benzene rings is 2. The second kappa shape index (κ2) is 7.45. The van der Waals surface area contributed by atoms with E-state index in [-0.39, 0.29) is 11.2 Å². The number of carbonyl (C=O) groups is 1. The summed E-state index contributed by atoms with van der Waals surface area (Å²) in [6.07, 6.45) is 1.55. The highest BCUT2D eigenvalue weighted by Gasteiger charge is 2.20. The highest BCUT2D eigenvalue weighted by Crippen LogP contribution is 2.28. The molecule has 0 fully saturated rings. The minimum Gasteiger partial charge on any atom is -0.340 e. The fraction of sp³-hybridized carbons (Fsp3) is 0.211. The highest BCUT2D eigenvalue weighted by atomic mass is 32.2. The minimum absolute atomic E-state index is 0.0894. The molecule has 0 bridgehead atoms. The van der Waals surface area contributed by atoms with Crippen LogP contribution >= 0.6 is 11.8 Å². The molecule has 0 saturated heterocycles. The van der Waals surface area contributed by atoms with E-state index >= 15 is 0 Å². The van der Waals surface area contributed by atoms with Gasteiger partial charge in [-0.2, -0.15) is 0 Å². The lowest BCUT2D eigenvalue weighted by Crippen LogP contribution is -2.32. The van der Waals surface area contributed by atoms with Crippen LogP contribution < -0.4 is 0 Å². The van der Waals surface area contributed by atoms with Crippen molar-refractivity contribution in [2.75, 3.05) is 7.05 Å². The Hall–Kier alpha value is -2.40. The lowest BCUT2D eigenvalue weighted by atomic mass is 10.2. The largest absolute Gasteiger partial charge is 0.340 e. The van der Waals surface area contributed by atoms with Gasteiger partial charge in [-0.1, -0.05) is 60.3 Å². The smallest absolute Gasteiger partial charge is 0.235 e. The fourth-order valence-electron chi connectivity index (χ4n) is 2.54. The summed E-state index contributed by atoms with van der Waals surface area (Å²) >= 11 is 1.48. The monoisotopic (exact) mass is 337 g/mol. The zero-order chi connectivity index (χ0) is 16.9. The Morgan fingerprint density at radius 1 is 1.08 bits per heavy atom. The van der Waals surface area contributed by atoms with Gasteiger partial charge in [0.1, 0.15) is 11.4 Å². The number of nitrogens with zero attached hydrogens (tertiary/aromatic N) is 3. The molecule has 1 atom stereocenters. The zero-order valence-corrected chi connectivity index (χ0v) is 14.5. The van der Waals surface area contributed by atoms with Crippen molar-refractivity contribution in [1.82, 2.24) is 14.9 Å². The molecule has 1 aromatic heterocycles. The van der Waals surface area contributed by atoms with Gasteiger partial charge in [-0.25, -0.2) is 9.97 Å². The van der Waals surface area contributed by atoms with Gasteiger partial charge >= 0.3 is 0 Å². The molecule has 0 aliphatic rings. The van der Waals surface area contributed by atoms with E-state index in [0.717, 1.165) is 21.5 Å². The molecule has 3 rings (SSSR count). The predicted molar refractivity (Wildman–Crippen MR) is 97.8 cm³/mol. The van der Waals surface area contributed by atoms with E-state index in [1.165, 1.54) is 11.8 Å². The lowest BCUT2D eigenvalue weighted by molar-refractivity contribution is -0.129. The van der Waals surface area contributed by atoms with Gasteiger partial charge in [-0.05, 0) is 18.6 Å². The number of thioether (sulfide) groups is 1. The molecule has 0 spiro atoms. The van der Waals surface area contributed by atoms with Crippen LogP contribution in [0.2, 0.25) is 0 Å². The van der Waals surface area contributed by atoms with Crippen LogP contribution in [0.15, 0.2) is 66.0 Å². The number of carbonyl (C=O) groups excluding carboxylic acids is 1. The van der Waals surface area contributed by atoms with Gasteiger partial charge in [0.2, 0.25) is 5.91 Å². The molecule has 1 heterocycles. The molecule has 1 amide bonds. The average Bonchev–Trinajstić information content (AvgIpc) is 2.62. The number of hydrogen-bond acceptors (Lipinski definition) is 4. The molecule has 2 aromatic carbocycles. The third-order valence-corrected chi connectivity index (χ3v) is 4.89. The molecular weight excluding hydrogens is 318 g/mol. The van der Waals surface area contributed by atoms with Crippen LogP contribution in [0.1, 0.15) is 12.5 Å². The number of amides is 1. The first kappa shape index (κ1) is 16.5. The Labute approximate surface area is 145 Å². The topological polar surface area (TPSA) is 46.1 Å². The van der Waals surface area contributed by atoms with Crippen molar-refractivity contribution in [2.24, 2.45) is 0 Å². The van der Waals surface area contributed by atoms with Crippen molar-refractivity contribution in [3.05, 3.63) is 66.5 Å². The molecule has 0 N–H and O–H groups in total. The molecule has 0 aliphatic heterocycles. The Morgan fingerprint density at radius 2 is 1.79 bits per heavy atom. The van der Waals surface area contributed by atoms with E-state index < -0.39 is 0 Å². The van der Waals surface area contributed by atoms with E-state index in [4.69, 9.17) is 0 Å². The number of aromatic nitrogens is 2. The van der Waals surface area contributed by atoms with Gasteiger partial charge in [-0.3, -0.25) is 4.79 Å². The number of rotatable bonds is 5. The molecule has 0 radical (unpaired) electrons. The second-order valence-electron chi connectivity index (χ2n) is 5.64. The molecule has 122 valence electrons. The molecule has 4 nitrogen and oxygen atoms in total.